The van der Waals surface area contributed by atoms with Crippen LogP contribution in [0.1, 0.15) is 16.2 Å². The smallest absolute Gasteiger partial charge is 0.358 e. The van der Waals surface area contributed by atoms with Crippen molar-refractivity contribution in [3.8, 4) is 0 Å². The molecule has 0 aliphatic rings. The zero-order chi connectivity index (χ0) is 11.2. The van der Waals surface area contributed by atoms with Crippen molar-refractivity contribution in [1.82, 2.24) is 19.9 Å². The second kappa shape index (κ2) is 4.92. The van der Waals surface area contributed by atoms with Crippen LogP contribution in [-0.4, -0.2) is 25.9 Å². The van der Waals surface area contributed by atoms with Gasteiger partial charge in [0, 0.05) is 24.8 Å². The predicted octanol–water partition coefficient (Wildman–Crippen LogP) is 0.624. The van der Waals surface area contributed by atoms with Crippen molar-refractivity contribution in [3.63, 3.8) is 0 Å². The van der Waals surface area contributed by atoms with Gasteiger partial charge >= 0.3 is 5.97 Å². The van der Waals surface area contributed by atoms with E-state index in [2.05, 4.69) is 19.9 Å². The van der Waals surface area contributed by atoms with Crippen LogP contribution in [0, 0.1) is 0 Å². The molecule has 0 aliphatic carbocycles. The molecule has 0 saturated carbocycles. The molecule has 0 unspecified atom stereocenters. The molecule has 0 aromatic carbocycles. The van der Waals surface area contributed by atoms with Crippen LogP contribution in [0.25, 0.3) is 0 Å². The Bertz CT molecular complexity index is 461. The summed E-state index contributed by atoms with van der Waals surface area (Å²) >= 11 is 0. The minimum absolute atomic E-state index is 0.0727. The van der Waals surface area contributed by atoms with Crippen molar-refractivity contribution in [3.05, 3.63) is 48.6 Å². The third kappa shape index (κ3) is 2.57. The molecular weight excluding hydrogens is 208 g/mol. The van der Waals surface area contributed by atoms with Crippen molar-refractivity contribution in [1.29, 1.82) is 0 Å². The van der Waals surface area contributed by atoms with Gasteiger partial charge in [0.2, 0.25) is 0 Å². The molecule has 0 saturated heterocycles. The highest BCUT2D eigenvalue weighted by Crippen LogP contribution is 1.99. The van der Waals surface area contributed by atoms with Crippen LogP contribution in [-0.2, 0) is 11.3 Å². The SMILES string of the molecule is O=C(OCc1cnccn1)c1cnccn1. The first-order chi connectivity index (χ1) is 7.86. The van der Waals surface area contributed by atoms with Gasteiger partial charge in [-0.3, -0.25) is 15.0 Å². The summed E-state index contributed by atoms with van der Waals surface area (Å²) in [6.07, 6.45) is 8.88. The van der Waals surface area contributed by atoms with Gasteiger partial charge in [-0.2, -0.15) is 0 Å². The van der Waals surface area contributed by atoms with E-state index in [-0.39, 0.29) is 12.3 Å². The standard InChI is InChI=1S/C10H8N4O2/c15-10(9-6-12-2-4-14-9)16-7-8-5-11-1-3-13-8/h1-6H,7H2. The van der Waals surface area contributed by atoms with Crippen molar-refractivity contribution in [2.45, 2.75) is 6.61 Å². The van der Waals surface area contributed by atoms with E-state index in [0.717, 1.165) is 0 Å². The first-order valence-electron chi connectivity index (χ1n) is 4.54. The number of rotatable bonds is 3. The number of aromatic nitrogens is 4. The number of nitrogens with zero attached hydrogens (tertiary/aromatic N) is 4. The lowest BCUT2D eigenvalue weighted by molar-refractivity contribution is 0.0460. The topological polar surface area (TPSA) is 77.9 Å². The third-order valence-corrected chi connectivity index (χ3v) is 1.74. The van der Waals surface area contributed by atoms with Gasteiger partial charge in [-0.05, 0) is 0 Å². The highest BCUT2D eigenvalue weighted by atomic mass is 16.5. The maximum absolute atomic E-state index is 11.4. The molecule has 0 N–H and O–H groups in total. The van der Waals surface area contributed by atoms with E-state index in [1.807, 2.05) is 0 Å². The van der Waals surface area contributed by atoms with Gasteiger partial charge < -0.3 is 4.74 Å². The Balaban J connectivity index is 1.95. The van der Waals surface area contributed by atoms with Gasteiger partial charge in [-0.25, -0.2) is 9.78 Å². The molecule has 16 heavy (non-hydrogen) atoms. The third-order valence-electron chi connectivity index (χ3n) is 1.74. The fraction of sp³-hybridized carbons (Fsp3) is 0.100. The molecule has 2 heterocycles. The molecule has 0 spiro atoms. The van der Waals surface area contributed by atoms with Crippen LogP contribution in [0.15, 0.2) is 37.2 Å². The van der Waals surface area contributed by atoms with Gasteiger partial charge in [0.15, 0.2) is 5.69 Å². The van der Waals surface area contributed by atoms with E-state index in [9.17, 15) is 4.79 Å². The van der Waals surface area contributed by atoms with E-state index in [0.29, 0.717) is 5.69 Å². The van der Waals surface area contributed by atoms with E-state index < -0.39 is 5.97 Å². The minimum Gasteiger partial charge on any atom is -0.454 e. The summed E-state index contributed by atoms with van der Waals surface area (Å²) in [5.74, 6) is -0.529. The molecule has 80 valence electrons. The Hall–Kier alpha value is -2.37. The van der Waals surface area contributed by atoms with E-state index in [1.54, 1.807) is 6.20 Å². The maximum atomic E-state index is 11.4. The fourth-order valence-corrected chi connectivity index (χ4v) is 1.02. The molecule has 2 rings (SSSR count). The van der Waals surface area contributed by atoms with Crippen LogP contribution in [0.2, 0.25) is 0 Å². The predicted molar refractivity (Wildman–Crippen MR) is 53.2 cm³/mol. The van der Waals surface area contributed by atoms with Gasteiger partial charge in [0.05, 0.1) is 18.1 Å². The van der Waals surface area contributed by atoms with E-state index in [4.69, 9.17) is 4.74 Å². The van der Waals surface area contributed by atoms with Crippen LogP contribution in [0.3, 0.4) is 0 Å². The van der Waals surface area contributed by atoms with Crippen LogP contribution in [0.5, 0.6) is 0 Å². The molecular formula is C10H8N4O2. The second-order valence-corrected chi connectivity index (χ2v) is 2.86. The molecule has 0 radical (unpaired) electrons. The zero-order valence-electron chi connectivity index (χ0n) is 8.28. The molecule has 6 nitrogen and oxygen atoms in total. The number of carbonyl (C=O) groups excluding carboxylic acids is 1. The molecule has 0 amide bonds. The summed E-state index contributed by atoms with van der Waals surface area (Å²) in [4.78, 5) is 26.9. The number of hydrogen-bond acceptors (Lipinski definition) is 6. The van der Waals surface area contributed by atoms with Gasteiger partial charge in [-0.15, -0.1) is 0 Å². The number of esters is 1. The van der Waals surface area contributed by atoms with Crippen molar-refractivity contribution >= 4 is 5.97 Å². The summed E-state index contributed by atoms with van der Waals surface area (Å²) in [6.45, 7) is 0.0727. The Morgan fingerprint density at radius 2 is 1.81 bits per heavy atom. The molecule has 2 aromatic heterocycles. The maximum Gasteiger partial charge on any atom is 0.358 e. The van der Waals surface area contributed by atoms with Crippen LogP contribution < -0.4 is 0 Å². The molecule has 0 aliphatic heterocycles. The van der Waals surface area contributed by atoms with Crippen LogP contribution in [0.4, 0.5) is 0 Å². The number of hydrogen-bond donors (Lipinski definition) is 0. The van der Waals surface area contributed by atoms with Gasteiger partial charge in [0.1, 0.15) is 6.61 Å². The highest BCUT2D eigenvalue weighted by Gasteiger charge is 2.08. The first kappa shape index (κ1) is 10.2. The van der Waals surface area contributed by atoms with Crippen LogP contribution >= 0.6 is 0 Å². The van der Waals surface area contributed by atoms with Crippen molar-refractivity contribution in [2.24, 2.45) is 0 Å². The molecule has 0 atom stereocenters. The Morgan fingerprint density at radius 1 is 1.06 bits per heavy atom. The summed E-state index contributed by atoms with van der Waals surface area (Å²) < 4.78 is 4.97. The van der Waals surface area contributed by atoms with E-state index >= 15 is 0 Å². The Labute approximate surface area is 91.4 Å². The lowest BCUT2D eigenvalue weighted by atomic mass is 10.4. The Morgan fingerprint density at radius 3 is 2.44 bits per heavy atom. The lowest BCUT2D eigenvalue weighted by Crippen LogP contribution is -2.08. The first-order valence-corrected chi connectivity index (χ1v) is 4.54. The normalized spacial score (nSPS) is 9.75. The number of ether oxygens (including phenoxy) is 1. The lowest BCUT2D eigenvalue weighted by Gasteiger charge is -2.02. The second-order valence-electron chi connectivity index (χ2n) is 2.86. The van der Waals surface area contributed by atoms with Gasteiger partial charge in [-0.1, -0.05) is 0 Å². The summed E-state index contributed by atoms with van der Waals surface area (Å²) in [5, 5.41) is 0. The zero-order valence-corrected chi connectivity index (χ0v) is 8.28. The largest absolute Gasteiger partial charge is 0.454 e. The molecule has 0 bridgehead atoms. The quantitative estimate of drug-likeness (QED) is 0.700. The summed E-state index contributed by atoms with van der Waals surface area (Å²) in [6, 6.07) is 0. The Kier molecular flexibility index (Phi) is 3.12. The van der Waals surface area contributed by atoms with Gasteiger partial charge in [0.25, 0.3) is 0 Å². The average Bonchev–Trinajstić information content (AvgIpc) is 2.38. The highest BCUT2D eigenvalue weighted by molar-refractivity contribution is 5.86. The molecule has 0 fully saturated rings. The summed E-state index contributed by atoms with van der Waals surface area (Å²) in [7, 11) is 0. The minimum atomic E-state index is -0.529. The fourth-order valence-electron chi connectivity index (χ4n) is 1.02. The molecule has 6 heteroatoms. The van der Waals surface area contributed by atoms with E-state index in [1.165, 1.54) is 31.0 Å². The number of carbonyl (C=O) groups is 1. The monoisotopic (exact) mass is 216 g/mol. The van der Waals surface area contributed by atoms with Crippen molar-refractivity contribution in [2.75, 3.05) is 0 Å². The molecule has 2 aromatic rings. The summed E-state index contributed by atoms with van der Waals surface area (Å²) in [5.41, 5.74) is 0.756. The van der Waals surface area contributed by atoms with Crippen molar-refractivity contribution < 1.29 is 9.53 Å². The average molecular weight is 216 g/mol.